The largest absolute Gasteiger partial charge is 0.508 e. The number of aromatic hydroxyl groups is 1. The fourth-order valence-corrected chi connectivity index (χ4v) is 2.48. The molecule has 0 spiro atoms. The van der Waals surface area contributed by atoms with Gasteiger partial charge in [-0.05, 0) is 35.9 Å². The van der Waals surface area contributed by atoms with Gasteiger partial charge in [0.15, 0.2) is 5.60 Å². The molecule has 2 aromatic carbocycles. The zero-order valence-electron chi connectivity index (χ0n) is 12.0. The number of hydrogen-bond donors (Lipinski definition) is 1. The van der Waals surface area contributed by atoms with Crippen LogP contribution in [0.5, 0.6) is 5.75 Å². The maximum atomic E-state index is 12.4. The highest BCUT2D eigenvalue weighted by molar-refractivity contribution is 6.17. The quantitative estimate of drug-likeness (QED) is 0.492. The van der Waals surface area contributed by atoms with Gasteiger partial charge in [0.2, 0.25) is 0 Å². The van der Waals surface area contributed by atoms with Crippen LogP contribution in [0.1, 0.15) is 22.3 Å². The van der Waals surface area contributed by atoms with Gasteiger partial charge in [-0.3, -0.25) is 0 Å². The van der Waals surface area contributed by atoms with E-state index >= 15 is 0 Å². The Balaban J connectivity index is 2.35. The van der Waals surface area contributed by atoms with E-state index in [4.69, 9.17) is 16.3 Å². The predicted octanol–water partition coefficient (Wildman–Crippen LogP) is 4.26. The van der Waals surface area contributed by atoms with E-state index < -0.39 is 11.6 Å². The number of rotatable bonds is 6. The highest BCUT2D eigenvalue weighted by Crippen LogP contribution is 2.33. The summed E-state index contributed by atoms with van der Waals surface area (Å²) in [6, 6.07) is 15.2. The number of ether oxygens (including phenoxy) is 1. The van der Waals surface area contributed by atoms with Crippen molar-refractivity contribution in [2.75, 3.05) is 5.88 Å². The van der Waals surface area contributed by atoms with Gasteiger partial charge in [-0.1, -0.05) is 36.9 Å². The van der Waals surface area contributed by atoms with Crippen LogP contribution in [-0.2, 0) is 10.3 Å². The molecule has 4 heteroatoms. The molecule has 2 aromatic rings. The maximum Gasteiger partial charge on any atom is 0.339 e. The third-order valence-corrected chi connectivity index (χ3v) is 3.62. The monoisotopic (exact) mass is 316 g/mol. The molecule has 22 heavy (non-hydrogen) atoms. The lowest BCUT2D eigenvalue weighted by Crippen LogP contribution is -2.31. The van der Waals surface area contributed by atoms with Gasteiger partial charge < -0.3 is 9.84 Å². The number of hydrogen-bond acceptors (Lipinski definition) is 3. The first kappa shape index (κ1) is 16.1. The average molecular weight is 317 g/mol. The van der Waals surface area contributed by atoms with E-state index in [1.165, 1.54) is 12.1 Å². The summed E-state index contributed by atoms with van der Waals surface area (Å²) >= 11 is 5.89. The number of phenols is 1. The van der Waals surface area contributed by atoms with Crippen LogP contribution in [0.15, 0.2) is 67.3 Å². The molecule has 3 nitrogen and oxygen atoms in total. The van der Waals surface area contributed by atoms with Crippen molar-refractivity contribution in [2.45, 2.75) is 12.0 Å². The fraction of sp³-hybridized carbons (Fsp3) is 0.167. The van der Waals surface area contributed by atoms with Crippen LogP contribution in [0.2, 0.25) is 0 Å². The Hall–Kier alpha value is -2.26. The Morgan fingerprint density at radius 1 is 1.18 bits per heavy atom. The van der Waals surface area contributed by atoms with Crippen LogP contribution in [0.3, 0.4) is 0 Å². The molecule has 0 heterocycles. The number of phenolic OH excluding ortho intramolecular Hbond substituents is 1. The molecule has 2 rings (SSSR count). The lowest BCUT2D eigenvalue weighted by molar-refractivity contribution is 0.000614. The lowest BCUT2D eigenvalue weighted by atomic mass is 9.90. The molecule has 1 N–H and O–H groups in total. The molecular formula is C18H17ClO3. The molecule has 0 aromatic heterocycles. The molecule has 114 valence electrons. The molecular weight excluding hydrogens is 300 g/mol. The number of carbonyl (C=O) groups is 1. The molecule has 0 aliphatic rings. The van der Waals surface area contributed by atoms with Gasteiger partial charge in [-0.2, -0.15) is 0 Å². The van der Waals surface area contributed by atoms with Crippen LogP contribution in [-0.4, -0.2) is 17.0 Å². The van der Waals surface area contributed by atoms with Gasteiger partial charge >= 0.3 is 5.97 Å². The van der Waals surface area contributed by atoms with E-state index in [1.807, 2.05) is 6.07 Å². The Morgan fingerprint density at radius 3 is 2.36 bits per heavy atom. The second-order valence-electron chi connectivity index (χ2n) is 4.84. The Bertz CT molecular complexity index is 637. The summed E-state index contributed by atoms with van der Waals surface area (Å²) in [5.74, 6) is -0.00438. The lowest BCUT2D eigenvalue weighted by Gasteiger charge is -2.30. The Labute approximate surface area is 134 Å². The van der Waals surface area contributed by atoms with Crippen LogP contribution in [0.25, 0.3) is 0 Å². The van der Waals surface area contributed by atoms with Gasteiger partial charge in [-0.25, -0.2) is 4.79 Å². The van der Waals surface area contributed by atoms with E-state index in [0.29, 0.717) is 23.4 Å². The summed E-state index contributed by atoms with van der Waals surface area (Å²) in [5, 5.41) is 9.43. The van der Waals surface area contributed by atoms with Crippen molar-refractivity contribution >= 4 is 17.6 Å². The van der Waals surface area contributed by atoms with E-state index in [1.54, 1.807) is 42.5 Å². The van der Waals surface area contributed by atoms with Crippen LogP contribution in [0, 0.1) is 0 Å². The SMILES string of the molecule is C=CC(CCCl)(OC(=O)c1ccccc1)c1ccc(O)cc1. The number of carbonyl (C=O) groups excluding carboxylic acids is 1. The standard InChI is InChI=1S/C18H17ClO3/c1-2-18(12-13-19,15-8-10-16(20)11-9-15)22-17(21)14-6-4-3-5-7-14/h2-11,20H,1,12-13H2. The van der Waals surface area contributed by atoms with Gasteiger partial charge in [0, 0.05) is 12.3 Å². The second kappa shape index (κ2) is 7.14. The van der Waals surface area contributed by atoms with E-state index in [2.05, 4.69) is 6.58 Å². The smallest absolute Gasteiger partial charge is 0.339 e. The first-order chi connectivity index (χ1) is 10.6. The fourth-order valence-electron chi connectivity index (χ4n) is 2.20. The summed E-state index contributed by atoms with van der Waals surface area (Å²) in [5.41, 5.74) is 0.148. The normalized spacial score (nSPS) is 13.1. The van der Waals surface area contributed by atoms with Crippen molar-refractivity contribution in [3.63, 3.8) is 0 Å². The second-order valence-corrected chi connectivity index (χ2v) is 5.21. The topological polar surface area (TPSA) is 46.5 Å². The number of benzene rings is 2. The molecule has 0 aliphatic carbocycles. The number of esters is 1. The van der Waals surface area contributed by atoms with E-state index in [0.717, 1.165) is 0 Å². The Morgan fingerprint density at radius 2 is 1.82 bits per heavy atom. The van der Waals surface area contributed by atoms with Crippen molar-refractivity contribution in [3.05, 3.63) is 78.4 Å². The molecule has 0 bridgehead atoms. The maximum absolute atomic E-state index is 12.4. The zero-order valence-corrected chi connectivity index (χ0v) is 12.8. The molecule has 1 unspecified atom stereocenters. The molecule has 0 amide bonds. The molecule has 0 radical (unpaired) electrons. The van der Waals surface area contributed by atoms with Crippen molar-refractivity contribution < 1.29 is 14.6 Å². The number of halogens is 1. The van der Waals surface area contributed by atoms with E-state index in [-0.39, 0.29) is 5.75 Å². The summed E-state index contributed by atoms with van der Waals surface area (Å²) in [6.07, 6.45) is 1.96. The summed E-state index contributed by atoms with van der Waals surface area (Å²) in [6.45, 7) is 3.80. The van der Waals surface area contributed by atoms with Gasteiger partial charge in [0.1, 0.15) is 5.75 Å². The van der Waals surface area contributed by atoms with E-state index in [9.17, 15) is 9.90 Å². The zero-order chi connectivity index (χ0) is 16.0. The van der Waals surface area contributed by atoms with Crippen LogP contribution in [0.4, 0.5) is 0 Å². The van der Waals surface area contributed by atoms with Crippen molar-refractivity contribution in [1.82, 2.24) is 0 Å². The predicted molar refractivity (Wildman–Crippen MR) is 87.2 cm³/mol. The highest BCUT2D eigenvalue weighted by atomic mass is 35.5. The average Bonchev–Trinajstić information content (AvgIpc) is 2.55. The molecule has 0 saturated heterocycles. The molecule has 0 fully saturated rings. The summed E-state index contributed by atoms with van der Waals surface area (Å²) < 4.78 is 5.72. The minimum atomic E-state index is -1.03. The van der Waals surface area contributed by atoms with Crippen molar-refractivity contribution in [3.8, 4) is 5.75 Å². The van der Waals surface area contributed by atoms with Crippen molar-refractivity contribution in [2.24, 2.45) is 0 Å². The van der Waals surface area contributed by atoms with Crippen LogP contribution >= 0.6 is 11.6 Å². The first-order valence-electron chi connectivity index (χ1n) is 6.89. The van der Waals surface area contributed by atoms with Gasteiger partial charge in [0.25, 0.3) is 0 Å². The Kier molecular flexibility index (Phi) is 5.23. The van der Waals surface area contributed by atoms with Gasteiger partial charge in [-0.15, -0.1) is 11.6 Å². The minimum Gasteiger partial charge on any atom is -0.508 e. The number of alkyl halides is 1. The third-order valence-electron chi connectivity index (χ3n) is 3.44. The molecule has 1 atom stereocenters. The minimum absolute atomic E-state index is 0.141. The molecule has 0 saturated carbocycles. The summed E-state index contributed by atoms with van der Waals surface area (Å²) in [4.78, 5) is 12.4. The third kappa shape index (κ3) is 3.49. The highest BCUT2D eigenvalue weighted by Gasteiger charge is 2.33. The first-order valence-corrected chi connectivity index (χ1v) is 7.42. The summed E-state index contributed by atoms with van der Waals surface area (Å²) in [7, 11) is 0. The van der Waals surface area contributed by atoms with Crippen LogP contribution < -0.4 is 0 Å². The van der Waals surface area contributed by atoms with Gasteiger partial charge in [0.05, 0.1) is 5.56 Å². The van der Waals surface area contributed by atoms with Crippen molar-refractivity contribution in [1.29, 1.82) is 0 Å². The molecule has 0 aliphatic heterocycles.